The van der Waals surface area contributed by atoms with E-state index in [2.05, 4.69) is 0 Å². The molecule has 0 N–H and O–H groups in total. The number of carbonyl (C=O) groups excluding carboxylic acids is 2. The summed E-state index contributed by atoms with van der Waals surface area (Å²) in [5.74, 6) is 0.476. The summed E-state index contributed by atoms with van der Waals surface area (Å²) in [5.41, 5.74) is 1.22. The molecule has 5 atom stereocenters. The highest BCUT2D eigenvalue weighted by molar-refractivity contribution is 7.99. The van der Waals surface area contributed by atoms with Crippen molar-refractivity contribution in [2.24, 2.45) is 0 Å². The average molecular weight is 597 g/mol. The number of rotatable bonds is 13. The van der Waals surface area contributed by atoms with Crippen molar-refractivity contribution < 1.29 is 42.7 Å². The van der Waals surface area contributed by atoms with E-state index in [1.807, 2.05) is 78.9 Å². The summed E-state index contributed by atoms with van der Waals surface area (Å²) in [5, 5.41) is 0. The normalized spacial score (nSPS) is 21.8. The van der Waals surface area contributed by atoms with Crippen LogP contribution in [0.5, 0.6) is 11.5 Å². The molecule has 0 aliphatic carbocycles. The van der Waals surface area contributed by atoms with Crippen molar-refractivity contribution in [3.8, 4) is 11.5 Å². The van der Waals surface area contributed by atoms with Crippen LogP contribution in [0, 0.1) is 0 Å². The van der Waals surface area contributed by atoms with E-state index in [1.165, 1.54) is 25.6 Å². The maximum absolute atomic E-state index is 12.3. The van der Waals surface area contributed by atoms with Gasteiger partial charge in [0.05, 0.1) is 27.4 Å². The van der Waals surface area contributed by atoms with Gasteiger partial charge in [0.15, 0.2) is 6.10 Å². The highest BCUT2D eigenvalue weighted by Gasteiger charge is 2.50. The molecule has 0 saturated carbocycles. The minimum Gasteiger partial charge on any atom is -0.497 e. The Morgan fingerprint density at radius 2 is 1.26 bits per heavy atom. The lowest BCUT2D eigenvalue weighted by molar-refractivity contribution is -0.246. The van der Waals surface area contributed by atoms with Gasteiger partial charge in [-0.25, -0.2) is 0 Å². The van der Waals surface area contributed by atoms with Crippen molar-refractivity contribution in [3.63, 3.8) is 0 Å². The molecule has 0 spiro atoms. The van der Waals surface area contributed by atoms with E-state index >= 15 is 0 Å². The van der Waals surface area contributed by atoms with Crippen LogP contribution in [0.1, 0.15) is 25.0 Å². The SMILES string of the molecule is COc1ccc(CO[C@@H]2[C@H](OCc3ccc(OC)cc3)[C@@H](Sc3ccccc3)O[C@H](COC(C)=O)[C@H]2OC(C)=O)cc1. The fourth-order valence-corrected chi connectivity index (χ4v) is 5.62. The standard InChI is InChI=1S/C32H36O9S/c1-21(33)37-20-28-29(40-22(2)34)30(38-18-23-10-14-25(35-3)15-11-23)31(32(41-28)42-27-8-6-5-7-9-27)39-19-24-12-16-26(36-4)17-13-24/h5-17,28-32H,18-20H2,1-4H3/t28-,29-,30+,31+,32-/m1/s1. The zero-order valence-corrected chi connectivity index (χ0v) is 24.9. The van der Waals surface area contributed by atoms with Crippen molar-refractivity contribution in [2.45, 2.75) is 61.8 Å². The fraction of sp³-hybridized carbons (Fsp3) is 0.375. The second-order valence-corrected chi connectivity index (χ2v) is 10.8. The predicted molar refractivity (Wildman–Crippen MR) is 156 cm³/mol. The molecule has 4 rings (SSSR count). The molecule has 0 bridgehead atoms. The molecule has 0 unspecified atom stereocenters. The Labute approximate surface area is 250 Å². The topological polar surface area (TPSA) is 98.8 Å². The average Bonchev–Trinajstić information content (AvgIpc) is 3.00. The van der Waals surface area contributed by atoms with Crippen LogP contribution in [0.4, 0.5) is 0 Å². The van der Waals surface area contributed by atoms with Gasteiger partial charge in [0.2, 0.25) is 0 Å². The Kier molecular flexibility index (Phi) is 11.7. The van der Waals surface area contributed by atoms with Crippen molar-refractivity contribution >= 4 is 23.7 Å². The maximum Gasteiger partial charge on any atom is 0.303 e. The zero-order valence-electron chi connectivity index (χ0n) is 24.1. The Morgan fingerprint density at radius 1 is 0.714 bits per heavy atom. The molecule has 3 aromatic rings. The minimum absolute atomic E-state index is 0.118. The van der Waals surface area contributed by atoms with Crippen molar-refractivity contribution in [1.29, 1.82) is 0 Å². The summed E-state index contributed by atoms with van der Waals surface area (Å²) in [6, 6.07) is 24.8. The Bertz CT molecular complexity index is 1270. The summed E-state index contributed by atoms with van der Waals surface area (Å²) in [4.78, 5) is 25.0. The lowest BCUT2D eigenvalue weighted by atomic mass is 9.99. The highest BCUT2D eigenvalue weighted by Crippen LogP contribution is 2.38. The summed E-state index contributed by atoms with van der Waals surface area (Å²) in [7, 11) is 3.22. The van der Waals surface area contributed by atoms with Crippen LogP contribution in [0.15, 0.2) is 83.8 Å². The van der Waals surface area contributed by atoms with Crippen LogP contribution in [0.25, 0.3) is 0 Å². The number of thioether (sulfide) groups is 1. The lowest BCUT2D eigenvalue weighted by Gasteiger charge is -2.45. The van der Waals surface area contributed by atoms with Gasteiger partial charge >= 0.3 is 11.9 Å². The molecule has 10 heteroatoms. The summed E-state index contributed by atoms with van der Waals surface area (Å²) >= 11 is 1.46. The van der Waals surface area contributed by atoms with Crippen LogP contribution < -0.4 is 9.47 Å². The molecular weight excluding hydrogens is 560 g/mol. The fourth-order valence-electron chi connectivity index (χ4n) is 4.47. The van der Waals surface area contributed by atoms with Gasteiger partial charge in [0.25, 0.3) is 0 Å². The molecule has 224 valence electrons. The van der Waals surface area contributed by atoms with E-state index in [9.17, 15) is 9.59 Å². The third-order valence-corrected chi connectivity index (χ3v) is 7.70. The molecule has 42 heavy (non-hydrogen) atoms. The molecule has 0 radical (unpaired) electrons. The second-order valence-electron chi connectivity index (χ2n) is 9.60. The number of carbonyl (C=O) groups is 2. The van der Waals surface area contributed by atoms with Gasteiger partial charge in [-0.1, -0.05) is 54.2 Å². The smallest absolute Gasteiger partial charge is 0.303 e. The lowest BCUT2D eigenvalue weighted by Crippen LogP contribution is -2.60. The van der Waals surface area contributed by atoms with Crippen molar-refractivity contribution in [3.05, 3.63) is 90.0 Å². The number of methoxy groups -OCH3 is 2. The Morgan fingerprint density at radius 3 is 1.76 bits per heavy atom. The van der Waals surface area contributed by atoms with Gasteiger partial charge in [0, 0.05) is 18.7 Å². The summed E-state index contributed by atoms with van der Waals surface area (Å²) in [6.45, 7) is 2.97. The molecular formula is C32H36O9S. The molecule has 1 heterocycles. The summed E-state index contributed by atoms with van der Waals surface area (Å²) < 4.78 is 41.2. The van der Waals surface area contributed by atoms with Gasteiger partial charge in [0.1, 0.15) is 41.9 Å². The van der Waals surface area contributed by atoms with Gasteiger partial charge < -0.3 is 33.2 Å². The Hall–Kier alpha value is -3.57. The third kappa shape index (κ3) is 8.96. The van der Waals surface area contributed by atoms with E-state index in [4.69, 9.17) is 33.2 Å². The van der Waals surface area contributed by atoms with Crippen LogP contribution in [-0.4, -0.2) is 62.6 Å². The summed E-state index contributed by atoms with van der Waals surface area (Å²) in [6.07, 6.45) is -3.13. The largest absolute Gasteiger partial charge is 0.497 e. The van der Waals surface area contributed by atoms with Gasteiger partial charge in [-0.15, -0.1) is 0 Å². The van der Waals surface area contributed by atoms with Crippen LogP contribution in [0.2, 0.25) is 0 Å². The first-order valence-electron chi connectivity index (χ1n) is 13.5. The monoisotopic (exact) mass is 596 g/mol. The van der Waals surface area contributed by atoms with Crippen LogP contribution >= 0.6 is 11.8 Å². The Balaban J connectivity index is 1.67. The van der Waals surface area contributed by atoms with Gasteiger partial charge in [-0.2, -0.15) is 0 Å². The quantitative estimate of drug-likeness (QED) is 0.245. The van der Waals surface area contributed by atoms with Crippen LogP contribution in [-0.2, 0) is 46.5 Å². The molecule has 1 saturated heterocycles. The van der Waals surface area contributed by atoms with E-state index < -0.39 is 41.8 Å². The molecule has 3 aromatic carbocycles. The van der Waals surface area contributed by atoms with Crippen LogP contribution in [0.3, 0.4) is 0 Å². The zero-order chi connectivity index (χ0) is 29.9. The number of hydrogen-bond acceptors (Lipinski definition) is 10. The molecule has 0 amide bonds. The number of benzene rings is 3. The number of hydrogen-bond donors (Lipinski definition) is 0. The van der Waals surface area contributed by atoms with Gasteiger partial charge in [-0.05, 0) is 47.5 Å². The molecule has 9 nitrogen and oxygen atoms in total. The molecule has 1 aliphatic heterocycles. The molecule has 1 aliphatic rings. The highest BCUT2D eigenvalue weighted by atomic mass is 32.2. The molecule has 1 fully saturated rings. The number of esters is 2. The predicted octanol–water partition coefficient (Wildman–Crippen LogP) is 5.19. The second kappa shape index (κ2) is 15.6. The van der Waals surface area contributed by atoms with E-state index in [0.717, 1.165) is 27.5 Å². The molecule has 0 aromatic heterocycles. The number of ether oxygens (including phenoxy) is 7. The first-order valence-corrected chi connectivity index (χ1v) is 14.4. The van der Waals surface area contributed by atoms with E-state index in [-0.39, 0.29) is 19.8 Å². The van der Waals surface area contributed by atoms with Crippen molar-refractivity contribution in [1.82, 2.24) is 0 Å². The minimum atomic E-state index is -0.909. The van der Waals surface area contributed by atoms with E-state index in [1.54, 1.807) is 14.2 Å². The van der Waals surface area contributed by atoms with Gasteiger partial charge in [-0.3, -0.25) is 9.59 Å². The van der Waals surface area contributed by atoms with E-state index in [0.29, 0.717) is 0 Å². The third-order valence-electron chi connectivity index (χ3n) is 6.54. The first kappa shape index (κ1) is 31.4. The maximum atomic E-state index is 12.3. The first-order chi connectivity index (χ1) is 20.4. The van der Waals surface area contributed by atoms with Crippen molar-refractivity contribution in [2.75, 3.05) is 20.8 Å².